The fourth-order valence-corrected chi connectivity index (χ4v) is 2.40. The standard InChI is InChI=1S/C16H19NO2/c1-13-14(8-6-12-18)7-5-9-15(13)16(19)17-10-3-2-4-11-17/h5,7,9,18H,2-4,10-12H2,1H3. The summed E-state index contributed by atoms with van der Waals surface area (Å²) in [4.78, 5) is 14.4. The molecule has 2 rings (SSSR count). The maximum absolute atomic E-state index is 12.5. The highest BCUT2D eigenvalue weighted by molar-refractivity contribution is 5.96. The Balaban J connectivity index is 2.26. The lowest BCUT2D eigenvalue weighted by Gasteiger charge is -2.27. The minimum atomic E-state index is -0.163. The Morgan fingerprint density at radius 1 is 1.32 bits per heavy atom. The Hall–Kier alpha value is -1.79. The van der Waals surface area contributed by atoms with E-state index in [1.54, 1.807) is 0 Å². The Morgan fingerprint density at radius 3 is 2.74 bits per heavy atom. The van der Waals surface area contributed by atoms with E-state index in [2.05, 4.69) is 11.8 Å². The average Bonchev–Trinajstić information content (AvgIpc) is 2.46. The van der Waals surface area contributed by atoms with Crippen molar-refractivity contribution in [1.82, 2.24) is 4.90 Å². The van der Waals surface area contributed by atoms with Crippen LogP contribution in [0.4, 0.5) is 0 Å². The predicted octanol–water partition coefficient (Wildman–Crippen LogP) is 1.96. The number of carbonyl (C=O) groups is 1. The first-order valence-electron chi connectivity index (χ1n) is 6.72. The topological polar surface area (TPSA) is 40.5 Å². The first-order chi connectivity index (χ1) is 9.24. The lowest BCUT2D eigenvalue weighted by molar-refractivity contribution is 0.0723. The molecular formula is C16H19NO2. The van der Waals surface area contributed by atoms with Crippen LogP contribution in [0.2, 0.25) is 0 Å². The summed E-state index contributed by atoms with van der Waals surface area (Å²) >= 11 is 0. The molecule has 0 radical (unpaired) electrons. The molecule has 1 N–H and O–H groups in total. The van der Waals surface area contributed by atoms with Gasteiger partial charge in [-0.2, -0.15) is 0 Å². The van der Waals surface area contributed by atoms with Crippen LogP contribution in [-0.4, -0.2) is 35.6 Å². The number of carbonyl (C=O) groups excluding carboxylic acids is 1. The van der Waals surface area contributed by atoms with E-state index in [4.69, 9.17) is 5.11 Å². The van der Waals surface area contributed by atoms with Gasteiger partial charge in [-0.15, -0.1) is 0 Å². The maximum Gasteiger partial charge on any atom is 0.254 e. The van der Waals surface area contributed by atoms with E-state index in [1.807, 2.05) is 30.0 Å². The number of nitrogens with zero attached hydrogens (tertiary/aromatic N) is 1. The van der Waals surface area contributed by atoms with Crippen molar-refractivity contribution in [3.8, 4) is 11.8 Å². The molecule has 1 fully saturated rings. The number of aliphatic hydroxyl groups is 1. The third-order valence-corrected chi connectivity index (χ3v) is 3.51. The molecule has 0 spiro atoms. The normalized spacial score (nSPS) is 14.7. The van der Waals surface area contributed by atoms with Gasteiger partial charge < -0.3 is 10.0 Å². The highest BCUT2D eigenvalue weighted by Gasteiger charge is 2.20. The van der Waals surface area contributed by atoms with E-state index in [0.717, 1.165) is 42.6 Å². The van der Waals surface area contributed by atoms with Crippen LogP contribution in [0.25, 0.3) is 0 Å². The van der Waals surface area contributed by atoms with Crippen LogP contribution in [0.3, 0.4) is 0 Å². The summed E-state index contributed by atoms with van der Waals surface area (Å²) in [6.45, 7) is 3.46. The van der Waals surface area contributed by atoms with Crippen molar-refractivity contribution in [3.05, 3.63) is 34.9 Å². The van der Waals surface area contributed by atoms with Gasteiger partial charge in [0.15, 0.2) is 0 Å². The molecule has 0 saturated carbocycles. The third kappa shape index (κ3) is 3.15. The number of hydrogen-bond donors (Lipinski definition) is 1. The Labute approximate surface area is 114 Å². The molecular weight excluding hydrogens is 238 g/mol. The van der Waals surface area contributed by atoms with Crippen LogP contribution < -0.4 is 0 Å². The van der Waals surface area contributed by atoms with E-state index in [9.17, 15) is 4.79 Å². The molecule has 0 unspecified atom stereocenters. The van der Waals surface area contributed by atoms with E-state index < -0.39 is 0 Å². The van der Waals surface area contributed by atoms with Crippen molar-refractivity contribution in [1.29, 1.82) is 0 Å². The van der Waals surface area contributed by atoms with Crippen LogP contribution in [0, 0.1) is 18.8 Å². The zero-order valence-corrected chi connectivity index (χ0v) is 11.3. The molecule has 0 aromatic heterocycles. The van der Waals surface area contributed by atoms with Gasteiger partial charge in [0.25, 0.3) is 5.91 Å². The van der Waals surface area contributed by atoms with Crippen molar-refractivity contribution >= 4 is 5.91 Å². The smallest absolute Gasteiger partial charge is 0.254 e. The number of amides is 1. The van der Waals surface area contributed by atoms with Crippen LogP contribution in [0.1, 0.15) is 40.7 Å². The van der Waals surface area contributed by atoms with Gasteiger partial charge in [0.2, 0.25) is 0 Å². The van der Waals surface area contributed by atoms with Gasteiger partial charge in [-0.25, -0.2) is 0 Å². The van der Waals surface area contributed by atoms with Crippen LogP contribution in [-0.2, 0) is 0 Å². The Morgan fingerprint density at radius 2 is 2.05 bits per heavy atom. The molecule has 1 saturated heterocycles. The van der Waals surface area contributed by atoms with Crippen LogP contribution >= 0.6 is 0 Å². The zero-order chi connectivity index (χ0) is 13.7. The largest absolute Gasteiger partial charge is 0.384 e. The molecule has 1 aliphatic heterocycles. The molecule has 19 heavy (non-hydrogen) atoms. The van der Waals surface area contributed by atoms with Gasteiger partial charge in [-0.1, -0.05) is 17.9 Å². The van der Waals surface area contributed by atoms with Crippen molar-refractivity contribution in [2.75, 3.05) is 19.7 Å². The summed E-state index contributed by atoms with van der Waals surface area (Å²) in [5.41, 5.74) is 2.45. The number of rotatable bonds is 1. The fraction of sp³-hybridized carbons (Fsp3) is 0.438. The Bertz CT molecular complexity index is 519. The van der Waals surface area contributed by atoms with Gasteiger partial charge in [0, 0.05) is 24.2 Å². The molecule has 1 amide bonds. The number of likely N-dealkylation sites (tertiary alicyclic amines) is 1. The maximum atomic E-state index is 12.5. The van der Waals surface area contributed by atoms with Crippen LogP contribution in [0.5, 0.6) is 0 Å². The molecule has 0 bridgehead atoms. The minimum Gasteiger partial charge on any atom is -0.384 e. The molecule has 0 aliphatic carbocycles. The van der Waals surface area contributed by atoms with E-state index >= 15 is 0 Å². The van der Waals surface area contributed by atoms with Gasteiger partial charge in [-0.05, 0) is 43.9 Å². The predicted molar refractivity (Wildman–Crippen MR) is 74.9 cm³/mol. The van der Waals surface area contributed by atoms with E-state index in [-0.39, 0.29) is 12.5 Å². The molecule has 1 aliphatic rings. The molecule has 1 aromatic rings. The van der Waals surface area contributed by atoms with Crippen molar-refractivity contribution < 1.29 is 9.90 Å². The molecule has 3 heteroatoms. The van der Waals surface area contributed by atoms with Crippen molar-refractivity contribution in [2.24, 2.45) is 0 Å². The molecule has 100 valence electrons. The lowest BCUT2D eigenvalue weighted by atomic mass is 10.0. The second kappa shape index (κ2) is 6.40. The number of benzene rings is 1. The highest BCUT2D eigenvalue weighted by atomic mass is 16.2. The van der Waals surface area contributed by atoms with Gasteiger partial charge in [0.05, 0.1) is 0 Å². The number of piperidine rings is 1. The minimum absolute atomic E-state index is 0.102. The van der Waals surface area contributed by atoms with Crippen molar-refractivity contribution in [2.45, 2.75) is 26.2 Å². The first-order valence-corrected chi connectivity index (χ1v) is 6.72. The molecule has 1 aromatic carbocycles. The van der Waals surface area contributed by atoms with Crippen LogP contribution in [0.15, 0.2) is 18.2 Å². The second-order valence-electron chi connectivity index (χ2n) is 4.79. The third-order valence-electron chi connectivity index (χ3n) is 3.51. The Kier molecular flexibility index (Phi) is 4.59. The summed E-state index contributed by atoms with van der Waals surface area (Å²) in [6.07, 6.45) is 3.40. The van der Waals surface area contributed by atoms with Gasteiger partial charge >= 0.3 is 0 Å². The van der Waals surface area contributed by atoms with E-state index in [0.29, 0.717) is 0 Å². The summed E-state index contributed by atoms with van der Waals surface area (Å²) in [6, 6.07) is 5.59. The highest BCUT2D eigenvalue weighted by Crippen LogP contribution is 2.18. The lowest BCUT2D eigenvalue weighted by Crippen LogP contribution is -2.36. The summed E-state index contributed by atoms with van der Waals surface area (Å²) in [7, 11) is 0. The molecule has 3 nitrogen and oxygen atoms in total. The first kappa shape index (κ1) is 13.6. The SMILES string of the molecule is Cc1c(C#CCO)cccc1C(=O)N1CCCCC1. The van der Waals surface area contributed by atoms with Crippen molar-refractivity contribution in [3.63, 3.8) is 0 Å². The number of aliphatic hydroxyl groups excluding tert-OH is 1. The average molecular weight is 257 g/mol. The molecule has 0 atom stereocenters. The summed E-state index contributed by atoms with van der Waals surface area (Å²) < 4.78 is 0. The van der Waals surface area contributed by atoms with E-state index in [1.165, 1.54) is 6.42 Å². The molecule has 1 heterocycles. The summed E-state index contributed by atoms with van der Waals surface area (Å²) in [5, 5.41) is 8.75. The van der Waals surface area contributed by atoms with Gasteiger partial charge in [0.1, 0.15) is 6.61 Å². The van der Waals surface area contributed by atoms with Gasteiger partial charge in [-0.3, -0.25) is 4.79 Å². The zero-order valence-electron chi connectivity index (χ0n) is 11.3. The number of hydrogen-bond acceptors (Lipinski definition) is 2. The fourth-order valence-electron chi connectivity index (χ4n) is 2.40. The summed E-state index contributed by atoms with van der Waals surface area (Å²) in [5.74, 6) is 5.62. The second-order valence-corrected chi connectivity index (χ2v) is 4.79. The monoisotopic (exact) mass is 257 g/mol. The quantitative estimate of drug-likeness (QED) is 0.781.